The predicted octanol–water partition coefficient (Wildman–Crippen LogP) is 1.63. The number of halogens is 3. The number of aromatic carboxylic acids is 1. The molecule has 0 spiro atoms. The summed E-state index contributed by atoms with van der Waals surface area (Å²) in [5, 5.41) is 16.5. The molecule has 2 aromatic heterocycles. The van der Waals surface area contributed by atoms with Gasteiger partial charge in [0, 0.05) is 13.2 Å². The molecule has 0 saturated carbocycles. The number of carboxylic acids is 1. The van der Waals surface area contributed by atoms with Crippen LogP contribution in [-0.4, -0.2) is 30.6 Å². The van der Waals surface area contributed by atoms with Crippen molar-refractivity contribution in [2.45, 2.75) is 13.1 Å². The standard InChI is InChI=1S/C10H9F3N4O2/c1-5-7(9(18)19)8(16(2)15-5)17-4-6(3-14-17)10(11,12)13/h3-4H,1-2H3,(H,18,19). The number of carbonyl (C=O) groups is 1. The van der Waals surface area contributed by atoms with Crippen LogP contribution in [0, 0.1) is 6.92 Å². The van der Waals surface area contributed by atoms with E-state index < -0.39 is 17.7 Å². The summed E-state index contributed by atoms with van der Waals surface area (Å²) in [6.07, 6.45) is -3.17. The second-order valence-corrected chi connectivity index (χ2v) is 3.88. The van der Waals surface area contributed by atoms with E-state index in [1.54, 1.807) is 0 Å². The Bertz CT molecular complexity index is 642. The zero-order valence-electron chi connectivity index (χ0n) is 9.93. The minimum absolute atomic E-state index is 0.0273. The van der Waals surface area contributed by atoms with Gasteiger partial charge in [0.2, 0.25) is 0 Å². The van der Waals surface area contributed by atoms with Crippen molar-refractivity contribution < 1.29 is 23.1 Å². The zero-order valence-corrected chi connectivity index (χ0v) is 9.93. The molecule has 0 radical (unpaired) electrons. The van der Waals surface area contributed by atoms with E-state index in [2.05, 4.69) is 10.2 Å². The third-order valence-corrected chi connectivity index (χ3v) is 2.53. The highest BCUT2D eigenvalue weighted by Crippen LogP contribution is 2.29. The lowest BCUT2D eigenvalue weighted by Crippen LogP contribution is -2.09. The van der Waals surface area contributed by atoms with Gasteiger partial charge in [-0.1, -0.05) is 0 Å². The molecule has 0 aromatic carbocycles. The Morgan fingerprint density at radius 3 is 2.53 bits per heavy atom. The van der Waals surface area contributed by atoms with Crippen molar-refractivity contribution in [1.29, 1.82) is 0 Å². The van der Waals surface area contributed by atoms with E-state index in [-0.39, 0.29) is 17.1 Å². The third-order valence-electron chi connectivity index (χ3n) is 2.53. The Hall–Kier alpha value is -2.32. The van der Waals surface area contributed by atoms with Crippen molar-refractivity contribution in [3.63, 3.8) is 0 Å². The van der Waals surface area contributed by atoms with Crippen LogP contribution in [0.4, 0.5) is 13.2 Å². The van der Waals surface area contributed by atoms with Crippen molar-refractivity contribution in [3.8, 4) is 5.82 Å². The fourth-order valence-electron chi connectivity index (χ4n) is 1.74. The first-order valence-electron chi connectivity index (χ1n) is 5.11. The molecule has 19 heavy (non-hydrogen) atoms. The molecule has 0 bridgehead atoms. The van der Waals surface area contributed by atoms with Gasteiger partial charge in [-0.25, -0.2) is 14.2 Å². The molecule has 9 heteroatoms. The maximum Gasteiger partial charge on any atom is 0.419 e. The summed E-state index contributed by atoms with van der Waals surface area (Å²) in [5.41, 5.74) is -0.934. The van der Waals surface area contributed by atoms with E-state index >= 15 is 0 Å². The van der Waals surface area contributed by atoms with E-state index in [4.69, 9.17) is 5.11 Å². The smallest absolute Gasteiger partial charge is 0.419 e. The highest BCUT2D eigenvalue weighted by Gasteiger charge is 2.33. The lowest BCUT2D eigenvalue weighted by molar-refractivity contribution is -0.137. The molecular weight excluding hydrogens is 265 g/mol. The van der Waals surface area contributed by atoms with Gasteiger partial charge in [-0.3, -0.25) is 0 Å². The normalized spacial score (nSPS) is 11.8. The summed E-state index contributed by atoms with van der Waals surface area (Å²) in [6, 6.07) is 0. The van der Waals surface area contributed by atoms with Gasteiger partial charge in [0.15, 0.2) is 5.82 Å². The minimum atomic E-state index is -4.53. The molecule has 1 N–H and O–H groups in total. The molecule has 0 aliphatic carbocycles. The van der Waals surface area contributed by atoms with E-state index in [1.165, 1.54) is 18.7 Å². The summed E-state index contributed by atoms with van der Waals surface area (Å²) in [7, 11) is 1.43. The van der Waals surface area contributed by atoms with E-state index in [0.29, 0.717) is 6.20 Å². The van der Waals surface area contributed by atoms with Crippen LogP contribution in [0.2, 0.25) is 0 Å². The average Bonchev–Trinajstić information content (AvgIpc) is 2.81. The fourth-order valence-corrected chi connectivity index (χ4v) is 1.74. The Balaban J connectivity index is 2.60. The van der Waals surface area contributed by atoms with E-state index in [9.17, 15) is 18.0 Å². The number of nitrogens with zero attached hydrogens (tertiary/aromatic N) is 4. The number of carboxylic acid groups (broad SMARTS) is 1. The van der Waals surface area contributed by atoms with Gasteiger partial charge in [0.1, 0.15) is 5.56 Å². The van der Waals surface area contributed by atoms with Crippen molar-refractivity contribution >= 4 is 5.97 Å². The molecule has 2 heterocycles. The summed E-state index contributed by atoms with van der Waals surface area (Å²) in [4.78, 5) is 11.1. The molecule has 102 valence electrons. The molecule has 0 amide bonds. The maximum absolute atomic E-state index is 12.5. The summed E-state index contributed by atoms with van der Waals surface area (Å²) < 4.78 is 39.5. The van der Waals surface area contributed by atoms with Gasteiger partial charge < -0.3 is 5.11 Å². The molecular formula is C10H9F3N4O2. The third kappa shape index (κ3) is 2.18. The van der Waals surface area contributed by atoms with Crippen LogP contribution in [0.15, 0.2) is 12.4 Å². The van der Waals surface area contributed by atoms with Crippen LogP contribution >= 0.6 is 0 Å². The monoisotopic (exact) mass is 274 g/mol. The highest BCUT2D eigenvalue weighted by molar-refractivity contribution is 5.92. The average molecular weight is 274 g/mol. The van der Waals surface area contributed by atoms with Crippen molar-refractivity contribution in [1.82, 2.24) is 19.6 Å². The lowest BCUT2D eigenvalue weighted by Gasteiger charge is -2.04. The fraction of sp³-hybridized carbons (Fsp3) is 0.300. The van der Waals surface area contributed by atoms with Gasteiger partial charge in [0.05, 0.1) is 17.5 Å². The topological polar surface area (TPSA) is 72.9 Å². The predicted molar refractivity (Wildman–Crippen MR) is 57.0 cm³/mol. The first-order valence-corrected chi connectivity index (χ1v) is 5.11. The van der Waals surface area contributed by atoms with Gasteiger partial charge >= 0.3 is 12.1 Å². The van der Waals surface area contributed by atoms with E-state index in [1.807, 2.05) is 0 Å². The summed E-state index contributed by atoms with van der Waals surface area (Å²) in [6.45, 7) is 1.46. The van der Waals surface area contributed by atoms with Gasteiger partial charge in [-0.05, 0) is 6.92 Å². The van der Waals surface area contributed by atoms with Crippen molar-refractivity contribution in [2.75, 3.05) is 0 Å². The lowest BCUT2D eigenvalue weighted by atomic mass is 10.2. The molecule has 0 unspecified atom stereocenters. The number of aromatic nitrogens is 4. The largest absolute Gasteiger partial charge is 0.477 e. The minimum Gasteiger partial charge on any atom is -0.477 e. The quantitative estimate of drug-likeness (QED) is 0.903. The van der Waals surface area contributed by atoms with Crippen LogP contribution in [0.25, 0.3) is 5.82 Å². The Labute approximate surface area is 105 Å². The van der Waals surface area contributed by atoms with Crippen LogP contribution in [0.3, 0.4) is 0 Å². The van der Waals surface area contributed by atoms with Crippen LogP contribution < -0.4 is 0 Å². The molecule has 0 atom stereocenters. The Kier molecular flexibility index (Phi) is 2.84. The number of hydrogen-bond acceptors (Lipinski definition) is 3. The molecule has 0 aliphatic heterocycles. The van der Waals surface area contributed by atoms with Crippen molar-refractivity contribution in [2.24, 2.45) is 7.05 Å². The number of rotatable bonds is 2. The molecule has 2 aromatic rings. The second-order valence-electron chi connectivity index (χ2n) is 3.88. The molecule has 6 nitrogen and oxygen atoms in total. The van der Waals surface area contributed by atoms with Crippen LogP contribution in [0.5, 0.6) is 0 Å². The number of hydrogen-bond donors (Lipinski definition) is 1. The molecule has 0 saturated heterocycles. The van der Waals surface area contributed by atoms with E-state index in [0.717, 1.165) is 10.9 Å². The molecule has 0 fully saturated rings. The first-order chi connectivity index (χ1) is 8.71. The second kappa shape index (κ2) is 4.11. The zero-order chi connectivity index (χ0) is 14.4. The van der Waals surface area contributed by atoms with Gasteiger partial charge in [-0.15, -0.1) is 0 Å². The number of aryl methyl sites for hydroxylation is 2. The van der Waals surface area contributed by atoms with Gasteiger partial charge in [0.25, 0.3) is 0 Å². The summed E-state index contributed by atoms with van der Waals surface area (Å²) >= 11 is 0. The number of alkyl halides is 3. The molecule has 2 rings (SSSR count). The molecule has 0 aliphatic rings. The van der Waals surface area contributed by atoms with Crippen LogP contribution in [0.1, 0.15) is 21.6 Å². The first kappa shape index (κ1) is 13.1. The Morgan fingerprint density at radius 2 is 2.05 bits per heavy atom. The van der Waals surface area contributed by atoms with Crippen LogP contribution in [-0.2, 0) is 13.2 Å². The van der Waals surface area contributed by atoms with Gasteiger partial charge in [-0.2, -0.15) is 23.4 Å². The van der Waals surface area contributed by atoms with Crippen molar-refractivity contribution in [3.05, 3.63) is 29.2 Å². The summed E-state index contributed by atoms with van der Waals surface area (Å²) in [5.74, 6) is -1.30. The SMILES string of the molecule is Cc1nn(C)c(-n2cc(C(F)(F)F)cn2)c1C(=O)O. The maximum atomic E-state index is 12.5. The highest BCUT2D eigenvalue weighted by atomic mass is 19.4. The Morgan fingerprint density at radius 1 is 1.42 bits per heavy atom.